The van der Waals surface area contributed by atoms with Crippen LogP contribution in [0.5, 0.6) is 0 Å². The predicted molar refractivity (Wildman–Crippen MR) is 77.4 cm³/mol. The van der Waals surface area contributed by atoms with Crippen LogP contribution in [0.3, 0.4) is 0 Å². The highest BCUT2D eigenvalue weighted by molar-refractivity contribution is 5.84. The number of carboxylic acid groups (broad SMARTS) is 1. The lowest BCUT2D eigenvalue weighted by Crippen LogP contribution is -2.38. The number of nitrogens with one attached hydrogen (secondary N) is 1. The van der Waals surface area contributed by atoms with Gasteiger partial charge in [-0.25, -0.2) is 4.98 Å². The number of imidazole rings is 1. The molecule has 0 aromatic carbocycles. The molecular formula is C15H23N3O3. The van der Waals surface area contributed by atoms with Gasteiger partial charge in [0.1, 0.15) is 5.82 Å². The minimum Gasteiger partial charge on any atom is -0.481 e. The van der Waals surface area contributed by atoms with Crippen LogP contribution in [0.4, 0.5) is 0 Å². The molecule has 1 aromatic heterocycles. The maximum absolute atomic E-state index is 12.4. The lowest BCUT2D eigenvalue weighted by molar-refractivity contribution is -0.154. The van der Waals surface area contributed by atoms with Crippen molar-refractivity contribution < 1.29 is 14.7 Å². The van der Waals surface area contributed by atoms with Crippen molar-refractivity contribution in [2.24, 2.45) is 5.41 Å². The van der Waals surface area contributed by atoms with E-state index in [0.717, 1.165) is 25.7 Å². The molecule has 0 aliphatic heterocycles. The molecule has 0 radical (unpaired) electrons. The van der Waals surface area contributed by atoms with Crippen molar-refractivity contribution in [1.29, 1.82) is 0 Å². The van der Waals surface area contributed by atoms with E-state index in [1.807, 2.05) is 0 Å². The molecule has 0 saturated heterocycles. The molecule has 1 heterocycles. The summed E-state index contributed by atoms with van der Waals surface area (Å²) in [7, 11) is 1.69. The number of hydrogen-bond donors (Lipinski definition) is 2. The largest absolute Gasteiger partial charge is 0.481 e. The molecular weight excluding hydrogens is 270 g/mol. The van der Waals surface area contributed by atoms with Gasteiger partial charge in [-0.05, 0) is 12.8 Å². The van der Waals surface area contributed by atoms with Crippen molar-refractivity contribution in [3.05, 3.63) is 18.2 Å². The molecule has 2 rings (SSSR count). The molecule has 6 heteroatoms. The van der Waals surface area contributed by atoms with Crippen molar-refractivity contribution in [2.45, 2.75) is 51.5 Å². The first-order valence-corrected chi connectivity index (χ1v) is 7.49. The number of amides is 1. The van der Waals surface area contributed by atoms with E-state index in [-0.39, 0.29) is 12.3 Å². The van der Waals surface area contributed by atoms with Gasteiger partial charge in [0.15, 0.2) is 0 Å². The summed E-state index contributed by atoms with van der Waals surface area (Å²) in [6, 6.07) is 0. The first-order chi connectivity index (χ1) is 10.0. The van der Waals surface area contributed by atoms with E-state index in [1.165, 1.54) is 0 Å². The molecule has 1 aliphatic carbocycles. The minimum absolute atomic E-state index is 0.0829. The third-order valence-corrected chi connectivity index (χ3v) is 4.37. The Morgan fingerprint density at radius 3 is 2.52 bits per heavy atom. The normalized spacial score (nSPS) is 18.0. The summed E-state index contributed by atoms with van der Waals surface area (Å²) in [5.74, 6) is -0.254. The van der Waals surface area contributed by atoms with Crippen molar-refractivity contribution in [2.75, 3.05) is 7.05 Å². The van der Waals surface area contributed by atoms with Crippen LogP contribution < -0.4 is 0 Å². The smallest absolute Gasteiger partial charge is 0.310 e. The summed E-state index contributed by atoms with van der Waals surface area (Å²) in [6.07, 6.45) is 8.53. The van der Waals surface area contributed by atoms with Crippen molar-refractivity contribution in [3.63, 3.8) is 0 Å². The molecule has 1 aliphatic rings. The van der Waals surface area contributed by atoms with Gasteiger partial charge in [-0.3, -0.25) is 9.59 Å². The van der Waals surface area contributed by atoms with E-state index >= 15 is 0 Å². The zero-order valence-corrected chi connectivity index (χ0v) is 12.5. The summed E-state index contributed by atoms with van der Waals surface area (Å²) in [5, 5.41) is 9.61. The van der Waals surface area contributed by atoms with Gasteiger partial charge in [-0.15, -0.1) is 0 Å². The summed E-state index contributed by atoms with van der Waals surface area (Å²) in [4.78, 5) is 32.7. The highest BCUT2D eigenvalue weighted by Gasteiger charge is 2.41. The molecule has 1 amide bonds. The van der Waals surface area contributed by atoms with Crippen LogP contribution in [0.25, 0.3) is 0 Å². The van der Waals surface area contributed by atoms with E-state index < -0.39 is 11.4 Å². The molecule has 0 bridgehead atoms. The number of carbonyl (C=O) groups is 2. The Morgan fingerprint density at radius 1 is 1.33 bits per heavy atom. The second-order valence-corrected chi connectivity index (χ2v) is 5.96. The molecule has 0 atom stereocenters. The van der Waals surface area contributed by atoms with Crippen LogP contribution in [0, 0.1) is 5.41 Å². The number of carbonyl (C=O) groups excluding carboxylic acids is 1. The molecule has 1 saturated carbocycles. The second-order valence-electron chi connectivity index (χ2n) is 5.96. The number of aromatic nitrogens is 2. The van der Waals surface area contributed by atoms with Gasteiger partial charge in [0.2, 0.25) is 5.91 Å². The number of nitrogens with zero attached hydrogens (tertiary/aromatic N) is 2. The van der Waals surface area contributed by atoms with E-state index in [0.29, 0.717) is 25.2 Å². The number of hydrogen-bond acceptors (Lipinski definition) is 3. The maximum atomic E-state index is 12.4. The second kappa shape index (κ2) is 6.74. The van der Waals surface area contributed by atoms with Crippen LogP contribution in [0.1, 0.15) is 50.8 Å². The van der Waals surface area contributed by atoms with Gasteiger partial charge in [0.05, 0.1) is 12.0 Å². The Hall–Kier alpha value is -1.85. The Kier molecular flexibility index (Phi) is 4.98. The Labute approximate surface area is 124 Å². The summed E-state index contributed by atoms with van der Waals surface area (Å²) in [6.45, 7) is 0.377. The number of H-pyrrole nitrogens is 1. The number of carboxylic acids is 1. The van der Waals surface area contributed by atoms with E-state index in [9.17, 15) is 14.7 Å². The average Bonchev–Trinajstić information content (AvgIpc) is 2.83. The first kappa shape index (κ1) is 15.5. The molecule has 0 spiro atoms. The molecule has 6 nitrogen and oxygen atoms in total. The lowest BCUT2D eigenvalue weighted by atomic mass is 9.77. The zero-order chi connectivity index (χ0) is 15.3. The van der Waals surface area contributed by atoms with E-state index in [1.54, 1.807) is 24.3 Å². The number of aromatic amines is 1. The SMILES string of the molecule is CN(Cc1ncc[nH]1)C(=O)CC1(C(=O)O)CCCCCC1. The van der Waals surface area contributed by atoms with Crippen LogP contribution in [-0.4, -0.2) is 38.9 Å². The predicted octanol–water partition coefficient (Wildman–Crippen LogP) is 2.18. The van der Waals surface area contributed by atoms with Crippen LogP contribution in [0.2, 0.25) is 0 Å². The molecule has 2 N–H and O–H groups in total. The zero-order valence-electron chi connectivity index (χ0n) is 12.5. The van der Waals surface area contributed by atoms with Crippen LogP contribution in [-0.2, 0) is 16.1 Å². The quantitative estimate of drug-likeness (QED) is 0.815. The Morgan fingerprint density at radius 2 is 2.00 bits per heavy atom. The minimum atomic E-state index is -0.884. The highest BCUT2D eigenvalue weighted by atomic mass is 16.4. The van der Waals surface area contributed by atoms with Gasteiger partial charge < -0.3 is 15.0 Å². The highest BCUT2D eigenvalue weighted by Crippen LogP contribution is 2.38. The maximum Gasteiger partial charge on any atom is 0.310 e. The molecule has 0 unspecified atom stereocenters. The molecule has 1 aromatic rings. The fraction of sp³-hybridized carbons (Fsp3) is 0.667. The Bertz CT molecular complexity index is 476. The number of aliphatic carboxylic acids is 1. The summed E-state index contributed by atoms with van der Waals surface area (Å²) >= 11 is 0. The van der Waals surface area contributed by atoms with Crippen LogP contribution in [0.15, 0.2) is 12.4 Å². The molecule has 21 heavy (non-hydrogen) atoms. The third kappa shape index (κ3) is 3.83. The first-order valence-electron chi connectivity index (χ1n) is 7.49. The average molecular weight is 293 g/mol. The fourth-order valence-electron chi connectivity index (χ4n) is 2.99. The topological polar surface area (TPSA) is 86.3 Å². The Balaban J connectivity index is 2.02. The van der Waals surface area contributed by atoms with Gasteiger partial charge in [0, 0.05) is 25.9 Å². The third-order valence-electron chi connectivity index (χ3n) is 4.37. The van der Waals surface area contributed by atoms with Crippen molar-refractivity contribution in [3.8, 4) is 0 Å². The van der Waals surface area contributed by atoms with Crippen molar-refractivity contribution in [1.82, 2.24) is 14.9 Å². The van der Waals surface area contributed by atoms with E-state index in [2.05, 4.69) is 9.97 Å². The van der Waals surface area contributed by atoms with Gasteiger partial charge in [-0.2, -0.15) is 0 Å². The van der Waals surface area contributed by atoms with Crippen LogP contribution >= 0.6 is 0 Å². The number of rotatable bonds is 5. The molecule has 1 fully saturated rings. The van der Waals surface area contributed by atoms with Gasteiger partial charge in [-0.1, -0.05) is 25.7 Å². The van der Waals surface area contributed by atoms with E-state index in [4.69, 9.17) is 0 Å². The van der Waals surface area contributed by atoms with Gasteiger partial charge in [0.25, 0.3) is 0 Å². The standard InChI is InChI=1S/C15H23N3O3/c1-18(11-12-16-8-9-17-12)13(19)10-15(14(20)21)6-4-2-3-5-7-15/h8-9H,2-7,10-11H2,1H3,(H,16,17)(H,20,21). The fourth-order valence-corrected chi connectivity index (χ4v) is 2.99. The van der Waals surface area contributed by atoms with Gasteiger partial charge >= 0.3 is 5.97 Å². The lowest BCUT2D eigenvalue weighted by Gasteiger charge is -2.29. The van der Waals surface area contributed by atoms with Crippen molar-refractivity contribution >= 4 is 11.9 Å². The monoisotopic (exact) mass is 293 g/mol. The molecule has 116 valence electrons. The summed E-state index contributed by atoms with van der Waals surface area (Å²) in [5.41, 5.74) is -0.884. The summed E-state index contributed by atoms with van der Waals surface area (Å²) < 4.78 is 0.